The van der Waals surface area contributed by atoms with E-state index in [4.69, 9.17) is 5.73 Å². The molecule has 0 radical (unpaired) electrons. The van der Waals surface area contributed by atoms with E-state index < -0.39 is 20.8 Å². The van der Waals surface area contributed by atoms with E-state index in [-0.39, 0.29) is 21.8 Å². The van der Waals surface area contributed by atoms with Crippen LogP contribution < -0.4 is 16.6 Å². The number of sulfonamides is 1. The lowest BCUT2D eigenvalue weighted by molar-refractivity contribution is -0.115. The van der Waals surface area contributed by atoms with E-state index in [1.165, 1.54) is 26.2 Å². The monoisotopic (exact) mass is 411 g/mol. The van der Waals surface area contributed by atoms with E-state index in [1.54, 1.807) is 19.9 Å². The Kier molecular flexibility index (Phi) is 6.29. The molecule has 0 saturated carbocycles. The van der Waals surface area contributed by atoms with Crippen molar-refractivity contribution in [1.29, 1.82) is 0 Å². The van der Waals surface area contributed by atoms with E-state index in [9.17, 15) is 18.0 Å². The fourth-order valence-electron chi connectivity index (χ4n) is 2.07. The van der Waals surface area contributed by atoms with Crippen molar-refractivity contribution in [1.82, 2.24) is 14.3 Å². The molecule has 1 atom stereocenters. The lowest BCUT2D eigenvalue weighted by atomic mass is 10.2. The molecule has 9 nitrogen and oxygen atoms in total. The van der Waals surface area contributed by atoms with Crippen molar-refractivity contribution in [2.24, 2.45) is 0 Å². The smallest absolute Gasteiger partial charge is 0.253 e. The second-order valence-electron chi connectivity index (χ2n) is 5.99. The summed E-state index contributed by atoms with van der Waals surface area (Å²) in [6.45, 7) is 3.40. The van der Waals surface area contributed by atoms with Gasteiger partial charge in [0.25, 0.3) is 5.56 Å². The van der Waals surface area contributed by atoms with Gasteiger partial charge in [0, 0.05) is 25.8 Å². The number of aromatic nitrogens is 2. The lowest BCUT2D eigenvalue weighted by Gasteiger charge is -2.16. The molecule has 1 aromatic heterocycles. The van der Waals surface area contributed by atoms with Crippen LogP contribution in [0.4, 0.5) is 11.5 Å². The topological polar surface area (TPSA) is 138 Å². The molecule has 2 rings (SSSR count). The maximum absolute atomic E-state index is 12.5. The van der Waals surface area contributed by atoms with Crippen LogP contribution in [0.15, 0.2) is 39.1 Å². The molecule has 0 saturated heterocycles. The van der Waals surface area contributed by atoms with Crippen LogP contribution >= 0.6 is 11.8 Å². The van der Waals surface area contributed by atoms with Gasteiger partial charge in [-0.25, -0.2) is 17.7 Å². The maximum Gasteiger partial charge on any atom is 0.253 e. The molecule has 1 amide bonds. The number of rotatable bonds is 6. The van der Waals surface area contributed by atoms with Crippen LogP contribution in [-0.4, -0.2) is 47.9 Å². The van der Waals surface area contributed by atoms with Gasteiger partial charge >= 0.3 is 0 Å². The molecular formula is C16H21N5O4S2. The molecular weight excluding hydrogens is 390 g/mol. The standard InChI is InChI=1S/C16H21N5O4S2/c1-9-5-6-11(27(24,25)21(3)4)7-12(9)18-15(23)10(2)26-16-19-13(17)8-14(22)20-16/h5-8,10H,1-4H3,(H,18,23)(H3,17,19,20,22)/t10-/m1/s1. The third-order valence-corrected chi connectivity index (χ3v) is 6.44. The Balaban J connectivity index is 2.20. The molecule has 27 heavy (non-hydrogen) atoms. The number of aromatic amines is 1. The fourth-order valence-corrected chi connectivity index (χ4v) is 3.82. The first-order valence-corrected chi connectivity index (χ1v) is 10.2. The summed E-state index contributed by atoms with van der Waals surface area (Å²) in [7, 11) is -0.745. The van der Waals surface area contributed by atoms with Crippen LogP contribution in [0, 0.1) is 6.92 Å². The molecule has 0 aliphatic carbocycles. The van der Waals surface area contributed by atoms with Crippen LogP contribution in [0.2, 0.25) is 0 Å². The van der Waals surface area contributed by atoms with Gasteiger partial charge in [-0.2, -0.15) is 0 Å². The molecule has 2 aromatic rings. The van der Waals surface area contributed by atoms with Crippen molar-refractivity contribution in [3.63, 3.8) is 0 Å². The summed E-state index contributed by atoms with van der Waals surface area (Å²) in [6.07, 6.45) is 0. The van der Waals surface area contributed by atoms with Gasteiger partial charge in [0.05, 0.1) is 10.1 Å². The molecule has 0 spiro atoms. The van der Waals surface area contributed by atoms with Gasteiger partial charge in [-0.05, 0) is 31.5 Å². The van der Waals surface area contributed by atoms with Gasteiger partial charge in [0.1, 0.15) is 5.82 Å². The molecule has 4 N–H and O–H groups in total. The van der Waals surface area contributed by atoms with Gasteiger partial charge in [-0.1, -0.05) is 17.8 Å². The van der Waals surface area contributed by atoms with E-state index in [2.05, 4.69) is 15.3 Å². The second kappa shape index (κ2) is 8.11. The molecule has 1 aromatic carbocycles. The molecule has 11 heteroatoms. The Morgan fingerprint density at radius 3 is 2.59 bits per heavy atom. The van der Waals surface area contributed by atoms with Gasteiger partial charge in [0.2, 0.25) is 15.9 Å². The first kappa shape index (κ1) is 20.9. The number of carbonyl (C=O) groups excluding carboxylic acids is 1. The Hall–Kier alpha value is -2.37. The van der Waals surface area contributed by atoms with Crippen molar-refractivity contribution < 1.29 is 13.2 Å². The Morgan fingerprint density at radius 2 is 2.00 bits per heavy atom. The number of benzene rings is 1. The summed E-state index contributed by atoms with van der Waals surface area (Å²) in [5.41, 5.74) is 6.23. The molecule has 0 unspecified atom stereocenters. The van der Waals surface area contributed by atoms with Gasteiger partial charge in [0.15, 0.2) is 5.16 Å². The van der Waals surface area contributed by atoms with Crippen LogP contribution in [0.5, 0.6) is 0 Å². The molecule has 146 valence electrons. The van der Waals surface area contributed by atoms with E-state index in [0.29, 0.717) is 11.3 Å². The highest BCUT2D eigenvalue weighted by Gasteiger charge is 2.21. The van der Waals surface area contributed by atoms with Crippen molar-refractivity contribution in [2.75, 3.05) is 25.1 Å². The highest BCUT2D eigenvalue weighted by molar-refractivity contribution is 8.00. The van der Waals surface area contributed by atoms with Crippen LogP contribution in [0.1, 0.15) is 12.5 Å². The Labute approximate surface area is 161 Å². The maximum atomic E-state index is 12.5. The summed E-state index contributed by atoms with van der Waals surface area (Å²) < 4.78 is 25.7. The van der Waals surface area contributed by atoms with E-state index in [0.717, 1.165) is 22.1 Å². The lowest BCUT2D eigenvalue weighted by Crippen LogP contribution is -2.25. The number of anilines is 2. The summed E-state index contributed by atoms with van der Waals surface area (Å²) in [4.78, 5) is 30.5. The second-order valence-corrected chi connectivity index (χ2v) is 9.47. The minimum absolute atomic E-state index is 0.0614. The highest BCUT2D eigenvalue weighted by Crippen LogP contribution is 2.24. The Morgan fingerprint density at radius 1 is 1.33 bits per heavy atom. The van der Waals surface area contributed by atoms with E-state index in [1.807, 2.05) is 0 Å². The van der Waals surface area contributed by atoms with Crippen molar-refractivity contribution in [2.45, 2.75) is 29.1 Å². The van der Waals surface area contributed by atoms with Gasteiger partial charge in [-0.3, -0.25) is 9.59 Å². The largest absolute Gasteiger partial charge is 0.383 e. The zero-order valence-corrected chi connectivity index (χ0v) is 16.9. The average molecular weight is 412 g/mol. The van der Waals surface area contributed by atoms with Gasteiger partial charge in [-0.15, -0.1) is 0 Å². The van der Waals surface area contributed by atoms with Crippen LogP contribution in [0.25, 0.3) is 0 Å². The summed E-state index contributed by atoms with van der Waals surface area (Å²) >= 11 is 1.03. The first-order chi connectivity index (χ1) is 12.5. The predicted octanol–water partition coefficient (Wildman–Crippen LogP) is 1.03. The molecule has 0 bridgehead atoms. The Bertz CT molecular complexity index is 1020. The molecule has 0 aliphatic rings. The predicted molar refractivity (Wildman–Crippen MR) is 105 cm³/mol. The zero-order valence-electron chi connectivity index (χ0n) is 15.3. The number of nitrogens with two attached hydrogens (primary N) is 1. The molecule has 0 fully saturated rings. The number of aryl methyl sites for hydroxylation is 1. The number of nitrogens with one attached hydrogen (secondary N) is 2. The summed E-state index contributed by atoms with van der Waals surface area (Å²) in [5.74, 6) is -0.307. The normalized spacial score (nSPS) is 12.8. The summed E-state index contributed by atoms with van der Waals surface area (Å²) in [5, 5.41) is 2.33. The minimum Gasteiger partial charge on any atom is -0.383 e. The number of nitrogen functional groups attached to an aromatic ring is 1. The number of carbonyl (C=O) groups is 1. The minimum atomic E-state index is -3.62. The van der Waals surface area contributed by atoms with Crippen LogP contribution in [0.3, 0.4) is 0 Å². The molecule has 0 aliphatic heterocycles. The zero-order chi connectivity index (χ0) is 20.4. The van der Waals surface area contributed by atoms with Crippen LogP contribution in [-0.2, 0) is 14.8 Å². The van der Waals surface area contributed by atoms with Gasteiger partial charge < -0.3 is 16.0 Å². The van der Waals surface area contributed by atoms with E-state index >= 15 is 0 Å². The SMILES string of the molecule is Cc1ccc(S(=O)(=O)N(C)C)cc1NC(=O)[C@@H](C)Sc1nc(N)cc(=O)[nH]1. The van der Waals surface area contributed by atoms with Crippen molar-refractivity contribution in [3.8, 4) is 0 Å². The number of hydrogen-bond acceptors (Lipinski definition) is 7. The third-order valence-electron chi connectivity index (χ3n) is 3.64. The quantitative estimate of drug-likeness (QED) is 0.477. The number of amides is 1. The first-order valence-electron chi connectivity index (χ1n) is 7.88. The van der Waals surface area contributed by atoms with Crippen molar-refractivity contribution in [3.05, 3.63) is 40.2 Å². The number of H-pyrrole nitrogens is 1. The number of hydrogen-bond donors (Lipinski definition) is 3. The third kappa shape index (κ3) is 5.08. The number of thioether (sulfide) groups is 1. The van der Waals surface area contributed by atoms with Crippen molar-refractivity contribution >= 4 is 39.2 Å². The highest BCUT2D eigenvalue weighted by atomic mass is 32.2. The fraction of sp³-hybridized carbons (Fsp3) is 0.312. The molecule has 1 heterocycles. The summed E-state index contributed by atoms with van der Waals surface area (Å²) in [6, 6.07) is 5.68. The average Bonchev–Trinajstić information content (AvgIpc) is 2.55. The number of nitrogens with zero attached hydrogens (tertiary/aromatic N) is 2.